The molecule has 0 heterocycles. The van der Waals surface area contributed by atoms with Gasteiger partial charge in [0.15, 0.2) is 0 Å². The lowest BCUT2D eigenvalue weighted by Gasteiger charge is -2.22. The van der Waals surface area contributed by atoms with E-state index in [0.29, 0.717) is 12.5 Å². The van der Waals surface area contributed by atoms with Crippen LogP contribution < -0.4 is 0 Å². The number of hydrogen-bond acceptors (Lipinski definition) is 2. The Kier molecular flexibility index (Phi) is 6.17. The third kappa shape index (κ3) is 4.67. The van der Waals surface area contributed by atoms with Gasteiger partial charge in [-0.05, 0) is 38.5 Å². The van der Waals surface area contributed by atoms with Crippen molar-refractivity contribution in [3.05, 3.63) is 23.8 Å². The molecule has 102 valence electrons. The molecule has 1 aliphatic carbocycles. The summed E-state index contributed by atoms with van der Waals surface area (Å²) < 4.78 is 5.26. The number of carbonyl (C=O) groups excluding carboxylic acids is 1. The zero-order valence-corrected chi connectivity index (χ0v) is 12.0. The predicted molar refractivity (Wildman–Crippen MR) is 75.3 cm³/mol. The Balaban J connectivity index is 2.24. The van der Waals surface area contributed by atoms with Crippen LogP contribution in [0, 0.1) is 11.8 Å². The first-order chi connectivity index (χ1) is 8.54. The Morgan fingerprint density at radius 3 is 2.89 bits per heavy atom. The summed E-state index contributed by atoms with van der Waals surface area (Å²) in [6.45, 7) is 10.7. The maximum Gasteiger partial charge on any atom is 0.308 e. The normalized spacial score (nSPS) is 21.1. The maximum atomic E-state index is 11.5. The molecule has 0 spiro atoms. The molecule has 2 atom stereocenters. The molecule has 0 amide bonds. The van der Waals surface area contributed by atoms with Crippen LogP contribution in [0.5, 0.6) is 0 Å². The molecular formula is C16H26O2. The van der Waals surface area contributed by atoms with Gasteiger partial charge in [0.05, 0.1) is 12.5 Å². The minimum absolute atomic E-state index is 0.0125. The van der Waals surface area contributed by atoms with E-state index in [1.54, 1.807) is 0 Å². The highest BCUT2D eigenvalue weighted by Crippen LogP contribution is 2.29. The van der Waals surface area contributed by atoms with E-state index >= 15 is 0 Å². The molecule has 2 heteroatoms. The summed E-state index contributed by atoms with van der Waals surface area (Å²) in [4.78, 5) is 11.5. The van der Waals surface area contributed by atoms with Crippen molar-refractivity contribution in [2.75, 3.05) is 6.61 Å². The molecular weight excluding hydrogens is 224 g/mol. The van der Waals surface area contributed by atoms with Crippen LogP contribution in [0.25, 0.3) is 0 Å². The second-order valence-electron chi connectivity index (χ2n) is 5.41. The average Bonchev–Trinajstić information content (AvgIpc) is 2.38. The van der Waals surface area contributed by atoms with Gasteiger partial charge in [0.25, 0.3) is 0 Å². The summed E-state index contributed by atoms with van der Waals surface area (Å²) in [5, 5.41) is 0. The molecule has 0 aromatic carbocycles. The zero-order chi connectivity index (χ0) is 13.5. The number of allylic oxidation sites excluding steroid dienone is 2. The molecule has 0 bridgehead atoms. The van der Waals surface area contributed by atoms with Crippen molar-refractivity contribution in [3.63, 3.8) is 0 Å². The van der Waals surface area contributed by atoms with Crippen LogP contribution in [-0.4, -0.2) is 12.6 Å². The molecule has 1 rings (SSSR count). The van der Waals surface area contributed by atoms with Gasteiger partial charge >= 0.3 is 5.97 Å². The second kappa shape index (κ2) is 7.40. The molecule has 0 radical (unpaired) electrons. The Labute approximate surface area is 111 Å². The van der Waals surface area contributed by atoms with Crippen LogP contribution in [0.4, 0.5) is 0 Å². The van der Waals surface area contributed by atoms with Gasteiger partial charge in [-0.15, -0.1) is 0 Å². The maximum absolute atomic E-state index is 11.5. The number of carbonyl (C=O) groups is 1. The first kappa shape index (κ1) is 15.0. The molecule has 0 aromatic heterocycles. The fourth-order valence-corrected chi connectivity index (χ4v) is 2.13. The third-order valence-electron chi connectivity index (χ3n) is 3.90. The van der Waals surface area contributed by atoms with Crippen LogP contribution >= 0.6 is 0 Å². The second-order valence-corrected chi connectivity index (χ2v) is 5.41. The van der Waals surface area contributed by atoms with E-state index in [4.69, 9.17) is 4.74 Å². The molecule has 0 N–H and O–H groups in total. The molecule has 0 saturated carbocycles. The first-order valence-corrected chi connectivity index (χ1v) is 7.04. The summed E-state index contributed by atoms with van der Waals surface area (Å²) >= 11 is 0. The number of rotatable bonds is 6. The van der Waals surface area contributed by atoms with E-state index in [0.717, 1.165) is 19.3 Å². The predicted octanol–water partition coefficient (Wildman–Crippen LogP) is 4.27. The SMILES string of the molecule is C=C(CCOC(=O)C(C)CC)C1CC=C(C)CC1. The minimum Gasteiger partial charge on any atom is -0.465 e. The van der Waals surface area contributed by atoms with Crippen molar-refractivity contribution in [2.45, 2.75) is 52.9 Å². The summed E-state index contributed by atoms with van der Waals surface area (Å²) in [5.74, 6) is 0.513. The molecule has 0 aromatic rings. The van der Waals surface area contributed by atoms with E-state index in [9.17, 15) is 4.79 Å². The molecule has 18 heavy (non-hydrogen) atoms. The molecule has 1 aliphatic rings. The molecule has 0 aliphatic heterocycles. The highest BCUT2D eigenvalue weighted by Gasteiger charge is 2.16. The molecule has 2 unspecified atom stereocenters. The van der Waals surface area contributed by atoms with Crippen LogP contribution in [0.15, 0.2) is 23.8 Å². The molecule has 2 nitrogen and oxygen atoms in total. The standard InChI is InChI=1S/C16H26O2/c1-5-13(3)16(17)18-11-10-14(4)15-8-6-12(2)7-9-15/h6,13,15H,4-5,7-11H2,1-3H3. The topological polar surface area (TPSA) is 26.3 Å². The summed E-state index contributed by atoms with van der Waals surface area (Å²) in [6, 6.07) is 0. The fraction of sp³-hybridized carbons (Fsp3) is 0.688. The van der Waals surface area contributed by atoms with E-state index in [2.05, 4.69) is 19.6 Å². The van der Waals surface area contributed by atoms with Crippen LogP contribution in [0.2, 0.25) is 0 Å². The van der Waals surface area contributed by atoms with E-state index in [1.165, 1.54) is 24.0 Å². The number of ether oxygens (including phenoxy) is 1. The number of hydrogen-bond donors (Lipinski definition) is 0. The van der Waals surface area contributed by atoms with E-state index in [1.807, 2.05) is 13.8 Å². The summed E-state index contributed by atoms with van der Waals surface area (Å²) in [6.07, 6.45) is 7.43. The smallest absolute Gasteiger partial charge is 0.308 e. The lowest BCUT2D eigenvalue weighted by Crippen LogP contribution is -2.16. The van der Waals surface area contributed by atoms with Crippen molar-refractivity contribution in [1.82, 2.24) is 0 Å². The molecule has 0 saturated heterocycles. The van der Waals surface area contributed by atoms with Crippen molar-refractivity contribution in [3.8, 4) is 0 Å². The van der Waals surface area contributed by atoms with E-state index < -0.39 is 0 Å². The van der Waals surface area contributed by atoms with Gasteiger partial charge < -0.3 is 4.74 Å². The highest BCUT2D eigenvalue weighted by atomic mass is 16.5. The van der Waals surface area contributed by atoms with Crippen molar-refractivity contribution in [1.29, 1.82) is 0 Å². The zero-order valence-electron chi connectivity index (χ0n) is 12.0. The highest BCUT2D eigenvalue weighted by molar-refractivity contribution is 5.71. The van der Waals surface area contributed by atoms with E-state index in [-0.39, 0.29) is 11.9 Å². The first-order valence-electron chi connectivity index (χ1n) is 7.04. The minimum atomic E-state index is -0.0790. The van der Waals surface area contributed by atoms with Gasteiger partial charge in [-0.1, -0.05) is 37.6 Å². The van der Waals surface area contributed by atoms with Gasteiger partial charge in [0.2, 0.25) is 0 Å². The van der Waals surface area contributed by atoms with Gasteiger partial charge in [0, 0.05) is 6.42 Å². The largest absolute Gasteiger partial charge is 0.465 e. The van der Waals surface area contributed by atoms with Crippen molar-refractivity contribution >= 4 is 5.97 Å². The number of esters is 1. The van der Waals surface area contributed by atoms with Gasteiger partial charge in [-0.3, -0.25) is 4.79 Å². The third-order valence-corrected chi connectivity index (χ3v) is 3.90. The Morgan fingerprint density at radius 2 is 2.33 bits per heavy atom. The summed E-state index contributed by atoms with van der Waals surface area (Å²) in [5.41, 5.74) is 2.72. The average molecular weight is 250 g/mol. The molecule has 0 fully saturated rings. The van der Waals surface area contributed by atoms with Crippen LogP contribution in [0.1, 0.15) is 52.9 Å². The van der Waals surface area contributed by atoms with Gasteiger partial charge in [-0.25, -0.2) is 0 Å². The van der Waals surface area contributed by atoms with Gasteiger partial charge in [0.1, 0.15) is 0 Å². The van der Waals surface area contributed by atoms with Crippen LogP contribution in [0.3, 0.4) is 0 Å². The Bertz CT molecular complexity index is 328. The fourth-order valence-electron chi connectivity index (χ4n) is 2.13. The Morgan fingerprint density at radius 1 is 1.61 bits per heavy atom. The van der Waals surface area contributed by atoms with Gasteiger partial charge in [-0.2, -0.15) is 0 Å². The monoisotopic (exact) mass is 250 g/mol. The lowest BCUT2D eigenvalue weighted by molar-refractivity contribution is -0.147. The Hall–Kier alpha value is -1.05. The van der Waals surface area contributed by atoms with Crippen LogP contribution in [-0.2, 0) is 9.53 Å². The lowest BCUT2D eigenvalue weighted by atomic mass is 9.84. The quantitative estimate of drug-likeness (QED) is 0.520. The summed E-state index contributed by atoms with van der Waals surface area (Å²) in [7, 11) is 0. The van der Waals surface area contributed by atoms with Crippen molar-refractivity contribution < 1.29 is 9.53 Å². The van der Waals surface area contributed by atoms with Crippen molar-refractivity contribution in [2.24, 2.45) is 11.8 Å².